The van der Waals surface area contributed by atoms with Crippen LogP contribution >= 0.6 is 11.3 Å². The number of hydrogen-bond acceptors (Lipinski definition) is 4. The van der Waals surface area contributed by atoms with Crippen molar-refractivity contribution >= 4 is 16.5 Å². The Labute approximate surface area is 108 Å². The summed E-state index contributed by atoms with van der Waals surface area (Å²) >= 11 is 1.80. The molecule has 17 heavy (non-hydrogen) atoms. The van der Waals surface area contributed by atoms with E-state index in [2.05, 4.69) is 22.1 Å². The van der Waals surface area contributed by atoms with Gasteiger partial charge in [0.2, 0.25) is 0 Å². The Bertz CT molecular complexity index is 316. The van der Waals surface area contributed by atoms with Crippen LogP contribution in [-0.4, -0.2) is 29.5 Å². The van der Waals surface area contributed by atoms with E-state index in [1.165, 1.54) is 50.1 Å². The van der Waals surface area contributed by atoms with Gasteiger partial charge in [0.25, 0.3) is 0 Å². The summed E-state index contributed by atoms with van der Waals surface area (Å²) in [6.45, 7) is 6.67. The van der Waals surface area contributed by atoms with Crippen LogP contribution in [0.4, 0.5) is 5.13 Å². The molecule has 0 aliphatic carbocycles. The van der Waals surface area contributed by atoms with Gasteiger partial charge in [-0.15, -0.1) is 11.3 Å². The van der Waals surface area contributed by atoms with Gasteiger partial charge in [0.05, 0.1) is 0 Å². The van der Waals surface area contributed by atoms with Crippen LogP contribution in [-0.2, 0) is 6.54 Å². The average Bonchev–Trinajstić information content (AvgIpc) is 2.70. The summed E-state index contributed by atoms with van der Waals surface area (Å²) in [5, 5.41) is 4.34. The van der Waals surface area contributed by atoms with E-state index in [1.807, 2.05) is 6.20 Å². The van der Waals surface area contributed by atoms with Gasteiger partial charge in [-0.25, -0.2) is 4.98 Å². The predicted octanol–water partition coefficient (Wildman–Crippen LogP) is 3.34. The smallest absolute Gasteiger partial charge is 0.182 e. The lowest BCUT2D eigenvalue weighted by Crippen LogP contribution is -2.26. The Morgan fingerprint density at radius 3 is 2.65 bits per heavy atom. The summed E-state index contributed by atoms with van der Waals surface area (Å²) in [6, 6.07) is 0. The van der Waals surface area contributed by atoms with E-state index in [9.17, 15) is 0 Å². The van der Waals surface area contributed by atoms with Crippen LogP contribution in [0, 0.1) is 0 Å². The summed E-state index contributed by atoms with van der Waals surface area (Å²) < 4.78 is 0. The quantitative estimate of drug-likeness (QED) is 0.892. The van der Waals surface area contributed by atoms with Crippen molar-refractivity contribution in [2.75, 3.05) is 25.0 Å². The molecule has 1 saturated heterocycles. The van der Waals surface area contributed by atoms with Gasteiger partial charge in [-0.1, -0.05) is 19.3 Å². The highest BCUT2D eigenvalue weighted by Gasteiger charge is 2.10. The lowest BCUT2D eigenvalue weighted by molar-refractivity contribution is 0.241. The predicted molar refractivity (Wildman–Crippen MR) is 74.6 cm³/mol. The minimum Gasteiger partial charge on any atom is -0.362 e. The van der Waals surface area contributed by atoms with Crippen LogP contribution in [0.3, 0.4) is 0 Å². The second kappa shape index (κ2) is 6.97. The van der Waals surface area contributed by atoms with Crippen molar-refractivity contribution in [1.29, 1.82) is 0 Å². The van der Waals surface area contributed by atoms with Crippen molar-refractivity contribution in [3.8, 4) is 0 Å². The second-order valence-electron chi connectivity index (χ2n) is 4.71. The first-order chi connectivity index (χ1) is 8.38. The van der Waals surface area contributed by atoms with E-state index in [0.717, 1.165) is 18.2 Å². The monoisotopic (exact) mass is 253 g/mol. The van der Waals surface area contributed by atoms with Crippen molar-refractivity contribution in [2.45, 2.75) is 45.6 Å². The normalized spacial score (nSPS) is 18.6. The zero-order chi connectivity index (χ0) is 11.9. The molecule has 0 radical (unpaired) electrons. The van der Waals surface area contributed by atoms with Crippen molar-refractivity contribution in [1.82, 2.24) is 9.88 Å². The van der Waals surface area contributed by atoms with Crippen molar-refractivity contribution in [3.63, 3.8) is 0 Å². The van der Waals surface area contributed by atoms with Crippen LogP contribution in [0.2, 0.25) is 0 Å². The molecule has 4 heteroatoms. The number of thiazole rings is 1. The lowest BCUT2D eigenvalue weighted by Gasteiger charge is -2.23. The fourth-order valence-corrected chi connectivity index (χ4v) is 3.23. The number of anilines is 1. The average molecular weight is 253 g/mol. The molecule has 1 aromatic rings. The molecule has 1 fully saturated rings. The van der Waals surface area contributed by atoms with Crippen LogP contribution in [0.25, 0.3) is 0 Å². The van der Waals surface area contributed by atoms with Gasteiger partial charge in [0.1, 0.15) is 0 Å². The Hall–Kier alpha value is -0.610. The summed E-state index contributed by atoms with van der Waals surface area (Å²) in [5.41, 5.74) is 0. The van der Waals surface area contributed by atoms with Gasteiger partial charge in [0.15, 0.2) is 5.13 Å². The van der Waals surface area contributed by atoms with Crippen LogP contribution in [0.5, 0.6) is 0 Å². The van der Waals surface area contributed by atoms with Gasteiger partial charge in [-0.05, 0) is 32.9 Å². The molecule has 0 unspecified atom stereocenters. The summed E-state index contributed by atoms with van der Waals surface area (Å²) in [5.74, 6) is 0. The third-order valence-corrected chi connectivity index (χ3v) is 4.15. The highest BCUT2D eigenvalue weighted by Crippen LogP contribution is 2.21. The van der Waals surface area contributed by atoms with E-state index >= 15 is 0 Å². The Morgan fingerprint density at radius 1 is 1.24 bits per heavy atom. The minimum absolute atomic E-state index is 0.955. The lowest BCUT2D eigenvalue weighted by atomic mass is 10.1. The third kappa shape index (κ3) is 4.28. The molecule has 1 aliphatic rings. The zero-order valence-electron chi connectivity index (χ0n) is 10.7. The van der Waals surface area contributed by atoms with Crippen molar-refractivity contribution < 1.29 is 0 Å². The summed E-state index contributed by atoms with van der Waals surface area (Å²) in [4.78, 5) is 8.37. The number of hydrogen-bond donors (Lipinski definition) is 1. The highest BCUT2D eigenvalue weighted by atomic mass is 32.1. The van der Waals surface area contributed by atoms with E-state index in [4.69, 9.17) is 0 Å². The summed E-state index contributed by atoms with van der Waals surface area (Å²) in [6.07, 6.45) is 8.99. The van der Waals surface area contributed by atoms with Crippen LogP contribution in [0.1, 0.15) is 43.9 Å². The number of likely N-dealkylation sites (tertiary alicyclic amines) is 1. The van der Waals surface area contributed by atoms with Crippen molar-refractivity contribution in [3.05, 3.63) is 11.1 Å². The molecule has 0 amide bonds. The molecule has 1 aromatic heterocycles. The maximum absolute atomic E-state index is 4.39. The largest absolute Gasteiger partial charge is 0.362 e. The summed E-state index contributed by atoms with van der Waals surface area (Å²) in [7, 11) is 0. The van der Waals surface area contributed by atoms with Gasteiger partial charge in [-0.2, -0.15) is 0 Å². The molecule has 3 nitrogen and oxygen atoms in total. The molecule has 96 valence electrons. The Morgan fingerprint density at radius 2 is 1.94 bits per heavy atom. The fraction of sp³-hybridized carbons (Fsp3) is 0.769. The fourth-order valence-electron chi connectivity index (χ4n) is 2.31. The topological polar surface area (TPSA) is 28.2 Å². The number of aromatic nitrogens is 1. The van der Waals surface area contributed by atoms with Crippen molar-refractivity contribution in [2.24, 2.45) is 0 Å². The Kier molecular flexibility index (Phi) is 5.26. The van der Waals surface area contributed by atoms with E-state index < -0.39 is 0 Å². The molecular weight excluding hydrogens is 230 g/mol. The molecule has 0 spiro atoms. The van der Waals surface area contributed by atoms with Crippen LogP contribution < -0.4 is 5.32 Å². The molecule has 0 bridgehead atoms. The van der Waals surface area contributed by atoms with Gasteiger partial charge >= 0.3 is 0 Å². The standard InChI is InChI=1S/C13H23N3S/c1-2-14-13-15-10-12(17-13)11-16-8-6-4-3-5-7-9-16/h10H,2-9,11H2,1H3,(H,14,15). The minimum atomic E-state index is 0.955. The van der Waals surface area contributed by atoms with Crippen LogP contribution in [0.15, 0.2) is 6.20 Å². The van der Waals surface area contributed by atoms with Gasteiger partial charge in [-0.3, -0.25) is 4.90 Å². The maximum Gasteiger partial charge on any atom is 0.182 e. The first kappa shape index (κ1) is 12.8. The van der Waals surface area contributed by atoms with E-state index in [0.29, 0.717) is 0 Å². The zero-order valence-corrected chi connectivity index (χ0v) is 11.6. The SMILES string of the molecule is CCNc1ncc(CN2CCCCCCC2)s1. The number of nitrogens with zero attached hydrogens (tertiary/aromatic N) is 2. The maximum atomic E-state index is 4.39. The molecule has 0 saturated carbocycles. The molecule has 0 atom stereocenters. The number of rotatable bonds is 4. The first-order valence-electron chi connectivity index (χ1n) is 6.79. The van der Waals surface area contributed by atoms with Gasteiger partial charge < -0.3 is 5.32 Å². The second-order valence-corrected chi connectivity index (χ2v) is 5.82. The number of nitrogens with one attached hydrogen (secondary N) is 1. The molecule has 2 rings (SSSR count). The molecule has 0 aromatic carbocycles. The van der Waals surface area contributed by atoms with E-state index in [-0.39, 0.29) is 0 Å². The molecule has 1 aliphatic heterocycles. The third-order valence-electron chi connectivity index (χ3n) is 3.21. The Balaban J connectivity index is 1.84. The highest BCUT2D eigenvalue weighted by molar-refractivity contribution is 7.15. The first-order valence-corrected chi connectivity index (χ1v) is 7.61. The molecule has 2 heterocycles. The molecule has 1 N–H and O–H groups in total. The van der Waals surface area contributed by atoms with Gasteiger partial charge in [0, 0.05) is 24.2 Å². The van der Waals surface area contributed by atoms with E-state index in [1.54, 1.807) is 11.3 Å². The molecular formula is C13H23N3S.